The summed E-state index contributed by atoms with van der Waals surface area (Å²) in [6.45, 7) is 0.402. The number of rotatable bonds is 6. The van der Waals surface area contributed by atoms with E-state index < -0.39 is 0 Å². The zero-order chi connectivity index (χ0) is 19.1. The monoisotopic (exact) mass is 380 g/mol. The highest BCUT2D eigenvalue weighted by Gasteiger charge is 2.03. The van der Waals surface area contributed by atoms with E-state index in [1.54, 1.807) is 0 Å². The quantitative estimate of drug-likeness (QED) is 0.492. The summed E-state index contributed by atoms with van der Waals surface area (Å²) in [6, 6.07) is 20.8. The maximum absolute atomic E-state index is 12.0. The van der Waals surface area contributed by atoms with Crippen LogP contribution in [0.4, 0.5) is 0 Å². The van der Waals surface area contributed by atoms with Crippen LogP contribution in [0.1, 0.15) is 21.5 Å². The molecule has 136 valence electrons. The first-order valence-electron chi connectivity index (χ1n) is 8.20. The van der Waals surface area contributed by atoms with Gasteiger partial charge in [-0.05, 0) is 59.7 Å². The molecule has 5 nitrogen and oxygen atoms in total. The molecule has 3 aromatic rings. The molecule has 0 fully saturated rings. The van der Waals surface area contributed by atoms with Crippen LogP contribution < -0.4 is 10.2 Å². The Hall–Kier alpha value is -3.31. The molecule has 0 aliphatic heterocycles. The van der Waals surface area contributed by atoms with Crippen LogP contribution in [0.15, 0.2) is 77.9 Å². The minimum absolute atomic E-state index is 0.102. The molecule has 0 heterocycles. The highest BCUT2D eigenvalue weighted by molar-refractivity contribution is 6.30. The van der Waals surface area contributed by atoms with E-state index >= 15 is 0 Å². The van der Waals surface area contributed by atoms with E-state index in [9.17, 15) is 9.90 Å². The van der Waals surface area contributed by atoms with Crippen molar-refractivity contribution in [3.8, 4) is 11.5 Å². The van der Waals surface area contributed by atoms with E-state index in [2.05, 4.69) is 10.5 Å². The molecule has 0 atom stereocenters. The normalized spacial score (nSPS) is 10.7. The number of amides is 1. The Morgan fingerprint density at radius 3 is 2.63 bits per heavy atom. The fraction of sp³-hybridized carbons (Fsp3) is 0.0476. The van der Waals surface area contributed by atoms with Gasteiger partial charge in [0.2, 0.25) is 0 Å². The lowest BCUT2D eigenvalue weighted by molar-refractivity contribution is 0.0955. The molecule has 2 N–H and O–H groups in total. The van der Waals surface area contributed by atoms with Gasteiger partial charge in [-0.1, -0.05) is 35.9 Å². The molecule has 0 aliphatic carbocycles. The van der Waals surface area contributed by atoms with Gasteiger partial charge in [-0.3, -0.25) is 4.79 Å². The van der Waals surface area contributed by atoms with Crippen molar-refractivity contribution in [2.45, 2.75) is 6.61 Å². The topological polar surface area (TPSA) is 70.9 Å². The molecule has 0 unspecified atom stereocenters. The summed E-state index contributed by atoms with van der Waals surface area (Å²) in [5.41, 5.74) is 4.61. The number of ether oxygens (including phenoxy) is 1. The largest absolute Gasteiger partial charge is 0.508 e. The van der Waals surface area contributed by atoms with Crippen LogP contribution in [0.25, 0.3) is 0 Å². The van der Waals surface area contributed by atoms with Gasteiger partial charge in [-0.25, -0.2) is 5.43 Å². The number of nitrogens with one attached hydrogen (secondary N) is 1. The first-order valence-corrected chi connectivity index (χ1v) is 8.58. The number of phenolic OH excluding ortho intramolecular Hbond substituents is 1. The van der Waals surface area contributed by atoms with Crippen molar-refractivity contribution >= 4 is 23.7 Å². The predicted octanol–water partition coefficient (Wildman–Crippen LogP) is 4.39. The Kier molecular flexibility index (Phi) is 6.07. The highest BCUT2D eigenvalue weighted by atomic mass is 35.5. The van der Waals surface area contributed by atoms with Crippen molar-refractivity contribution in [3.63, 3.8) is 0 Å². The lowest BCUT2D eigenvalue weighted by Crippen LogP contribution is -2.17. The van der Waals surface area contributed by atoms with Crippen molar-refractivity contribution in [1.29, 1.82) is 0 Å². The van der Waals surface area contributed by atoms with Gasteiger partial charge in [-0.15, -0.1) is 0 Å². The van der Waals surface area contributed by atoms with Crippen molar-refractivity contribution < 1.29 is 14.6 Å². The number of aromatic hydroxyl groups is 1. The molecule has 0 saturated heterocycles. The molecule has 0 saturated carbocycles. The van der Waals surface area contributed by atoms with Crippen LogP contribution in [-0.4, -0.2) is 17.2 Å². The second kappa shape index (κ2) is 8.87. The third-order valence-corrected chi connectivity index (χ3v) is 3.90. The zero-order valence-electron chi connectivity index (χ0n) is 14.3. The molecule has 0 aliphatic rings. The molecule has 0 aromatic heterocycles. The van der Waals surface area contributed by atoms with Crippen LogP contribution >= 0.6 is 11.6 Å². The summed E-state index contributed by atoms with van der Waals surface area (Å²) in [6.07, 6.45) is 1.53. The second-order valence-corrected chi connectivity index (χ2v) is 6.17. The summed E-state index contributed by atoms with van der Waals surface area (Å²) in [4.78, 5) is 12.0. The smallest absolute Gasteiger partial charge is 0.271 e. The van der Waals surface area contributed by atoms with Crippen LogP contribution in [0.3, 0.4) is 0 Å². The van der Waals surface area contributed by atoms with E-state index in [0.29, 0.717) is 22.9 Å². The van der Waals surface area contributed by atoms with E-state index in [-0.39, 0.29) is 11.7 Å². The van der Waals surface area contributed by atoms with Crippen molar-refractivity contribution in [2.24, 2.45) is 5.10 Å². The fourth-order valence-electron chi connectivity index (χ4n) is 2.32. The average molecular weight is 381 g/mol. The molecule has 0 bridgehead atoms. The van der Waals surface area contributed by atoms with Crippen LogP contribution in [0.5, 0.6) is 11.5 Å². The molecule has 0 radical (unpaired) electrons. The number of benzene rings is 3. The van der Waals surface area contributed by atoms with Crippen molar-refractivity contribution in [3.05, 3.63) is 94.5 Å². The lowest BCUT2D eigenvalue weighted by atomic mass is 10.2. The summed E-state index contributed by atoms with van der Waals surface area (Å²) >= 11 is 5.97. The average Bonchev–Trinajstić information content (AvgIpc) is 2.67. The maximum atomic E-state index is 12.0. The Balaban J connectivity index is 1.57. The Morgan fingerprint density at radius 2 is 1.85 bits per heavy atom. The van der Waals surface area contributed by atoms with Gasteiger partial charge < -0.3 is 9.84 Å². The second-order valence-electron chi connectivity index (χ2n) is 5.74. The Morgan fingerprint density at radius 1 is 1.07 bits per heavy atom. The first kappa shape index (κ1) is 18.5. The SMILES string of the molecule is O=C(N/N=C/c1cccc(OCc2cccc(Cl)c2)c1)c1ccc(O)cc1. The van der Waals surface area contributed by atoms with Crippen LogP contribution in [0, 0.1) is 0 Å². The summed E-state index contributed by atoms with van der Waals surface area (Å²) in [5, 5.41) is 13.9. The molecular formula is C21H17ClN2O3. The fourth-order valence-corrected chi connectivity index (χ4v) is 2.53. The number of carbonyl (C=O) groups excluding carboxylic acids is 1. The number of hydrazone groups is 1. The number of nitrogens with zero attached hydrogens (tertiary/aromatic N) is 1. The standard InChI is InChI=1S/C21H17ClN2O3/c22-18-5-1-4-16(11-18)14-27-20-6-2-3-15(12-20)13-23-24-21(26)17-7-9-19(25)10-8-17/h1-13,25H,14H2,(H,24,26)/b23-13+. The van der Waals surface area contributed by atoms with E-state index in [0.717, 1.165) is 11.1 Å². The minimum Gasteiger partial charge on any atom is -0.508 e. The van der Waals surface area contributed by atoms with E-state index in [1.807, 2.05) is 48.5 Å². The van der Waals surface area contributed by atoms with E-state index in [1.165, 1.54) is 30.5 Å². The number of hydrogen-bond acceptors (Lipinski definition) is 4. The first-order chi connectivity index (χ1) is 13.1. The molecule has 6 heteroatoms. The molecule has 0 spiro atoms. The number of phenols is 1. The lowest BCUT2D eigenvalue weighted by Gasteiger charge is -2.07. The summed E-state index contributed by atoms with van der Waals surface area (Å²) in [7, 11) is 0. The van der Waals surface area contributed by atoms with Gasteiger partial charge in [0.1, 0.15) is 18.1 Å². The Bertz CT molecular complexity index is 956. The molecule has 27 heavy (non-hydrogen) atoms. The van der Waals surface area contributed by atoms with Gasteiger partial charge >= 0.3 is 0 Å². The van der Waals surface area contributed by atoms with Crippen LogP contribution in [-0.2, 0) is 6.61 Å². The highest BCUT2D eigenvalue weighted by Crippen LogP contribution is 2.16. The van der Waals surface area contributed by atoms with Gasteiger partial charge in [0.25, 0.3) is 5.91 Å². The Labute approximate surface area is 161 Å². The van der Waals surface area contributed by atoms with Crippen molar-refractivity contribution in [2.75, 3.05) is 0 Å². The third kappa shape index (κ3) is 5.59. The third-order valence-electron chi connectivity index (χ3n) is 3.66. The summed E-state index contributed by atoms with van der Waals surface area (Å²) < 4.78 is 5.76. The molecule has 3 rings (SSSR count). The van der Waals surface area contributed by atoms with Gasteiger partial charge in [0.05, 0.1) is 6.21 Å². The zero-order valence-corrected chi connectivity index (χ0v) is 15.1. The van der Waals surface area contributed by atoms with Gasteiger partial charge in [-0.2, -0.15) is 5.10 Å². The molecule has 3 aromatic carbocycles. The van der Waals surface area contributed by atoms with Gasteiger partial charge in [0.15, 0.2) is 0 Å². The number of hydrogen-bond donors (Lipinski definition) is 2. The molecule has 1 amide bonds. The molecular weight excluding hydrogens is 364 g/mol. The van der Waals surface area contributed by atoms with Gasteiger partial charge in [0, 0.05) is 10.6 Å². The van der Waals surface area contributed by atoms with Crippen LogP contribution in [0.2, 0.25) is 5.02 Å². The summed E-state index contributed by atoms with van der Waals surface area (Å²) in [5.74, 6) is 0.424. The van der Waals surface area contributed by atoms with E-state index in [4.69, 9.17) is 16.3 Å². The predicted molar refractivity (Wildman–Crippen MR) is 105 cm³/mol. The number of carbonyl (C=O) groups is 1. The minimum atomic E-state index is -0.361. The number of halogens is 1. The van der Waals surface area contributed by atoms with Crippen molar-refractivity contribution in [1.82, 2.24) is 5.43 Å². The maximum Gasteiger partial charge on any atom is 0.271 e.